The fourth-order valence-electron chi connectivity index (χ4n) is 2.20. The molecule has 1 amide bonds. The zero-order valence-corrected chi connectivity index (χ0v) is 15.7. The van der Waals surface area contributed by atoms with Gasteiger partial charge in [0.25, 0.3) is 0 Å². The van der Waals surface area contributed by atoms with Crippen molar-refractivity contribution in [2.24, 2.45) is 0 Å². The molecule has 130 valence electrons. The van der Waals surface area contributed by atoms with Crippen LogP contribution >= 0.6 is 0 Å². The highest BCUT2D eigenvalue weighted by molar-refractivity contribution is 5.76. The first-order chi connectivity index (χ1) is 11.0. The lowest BCUT2D eigenvalue weighted by Crippen LogP contribution is -2.40. The van der Waals surface area contributed by atoms with Gasteiger partial charge >= 0.3 is 0 Å². The van der Waals surface area contributed by atoms with Gasteiger partial charge in [-0.15, -0.1) is 0 Å². The molecule has 0 saturated heterocycles. The van der Waals surface area contributed by atoms with E-state index in [1.807, 2.05) is 20.8 Å². The second kappa shape index (κ2) is 14.2. The first-order valence-electron chi connectivity index (χ1n) is 9.22. The number of rotatable bonds is 10. The Balaban J connectivity index is 3.50. The van der Waals surface area contributed by atoms with Crippen LogP contribution in [0, 0.1) is 23.7 Å². The molecule has 23 heavy (non-hydrogen) atoms. The molecule has 0 aliphatic carbocycles. The van der Waals surface area contributed by atoms with Crippen LogP contribution in [0.1, 0.15) is 98.3 Å². The Hall–Kier alpha value is -1.41. The van der Waals surface area contributed by atoms with Crippen molar-refractivity contribution in [3.63, 3.8) is 0 Å². The van der Waals surface area contributed by atoms with Gasteiger partial charge in [-0.1, -0.05) is 57.3 Å². The van der Waals surface area contributed by atoms with Crippen molar-refractivity contribution in [3.05, 3.63) is 0 Å². The minimum atomic E-state index is -0.149. The summed E-state index contributed by atoms with van der Waals surface area (Å²) in [6.45, 7) is 8.22. The summed E-state index contributed by atoms with van der Waals surface area (Å²) in [5.74, 6) is 12.0. The van der Waals surface area contributed by atoms with E-state index in [1.54, 1.807) is 0 Å². The van der Waals surface area contributed by atoms with Crippen LogP contribution in [0.3, 0.4) is 0 Å². The van der Waals surface area contributed by atoms with Gasteiger partial charge in [-0.3, -0.25) is 4.79 Å². The molecule has 0 spiro atoms. The summed E-state index contributed by atoms with van der Waals surface area (Å²) in [6.07, 6.45) is 12.3. The summed E-state index contributed by atoms with van der Waals surface area (Å²) in [6, 6.07) is 0. The minimum absolute atomic E-state index is 0.101. The Kier molecular flexibility index (Phi) is 13.3. The molecule has 0 aliphatic rings. The summed E-state index contributed by atoms with van der Waals surface area (Å²) in [5.41, 5.74) is -0.149. The second-order valence-electron chi connectivity index (χ2n) is 7.13. The van der Waals surface area contributed by atoms with Crippen LogP contribution in [0.2, 0.25) is 0 Å². The third-order valence-electron chi connectivity index (χ3n) is 3.36. The lowest BCUT2D eigenvalue weighted by atomic mass is 10.1. The number of hydrogen-bond donors (Lipinski definition) is 1. The molecule has 0 aliphatic heterocycles. The van der Waals surface area contributed by atoms with Crippen LogP contribution in [0.4, 0.5) is 0 Å². The average Bonchev–Trinajstić information content (AvgIpc) is 2.46. The molecule has 0 aromatic carbocycles. The van der Waals surface area contributed by atoms with E-state index in [0.717, 1.165) is 19.3 Å². The SMILES string of the molecule is CCCCCCCCCC#CC#CCCCC(=O)NC(C)(C)C. The van der Waals surface area contributed by atoms with Crippen LogP contribution < -0.4 is 5.32 Å². The molecule has 0 atom stereocenters. The van der Waals surface area contributed by atoms with E-state index in [4.69, 9.17) is 0 Å². The molecular formula is C21H35NO. The number of carbonyl (C=O) groups excluding carboxylic acids is 1. The standard InChI is InChI=1S/C21H35NO/c1-5-6-7-8-9-10-11-12-13-14-15-16-17-18-19-20(23)22-21(2,3)4/h5-12,17-19H2,1-4H3,(H,22,23). The van der Waals surface area contributed by atoms with Gasteiger partial charge in [0.15, 0.2) is 0 Å². The van der Waals surface area contributed by atoms with Gasteiger partial charge in [0, 0.05) is 24.8 Å². The summed E-state index contributed by atoms with van der Waals surface area (Å²) >= 11 is 0. The van der Waals surface area contributed by atoms with Crippen molar-refractivity contribution in [3.8, 4) is 23.7 Å². The van der Waals surface area contributed by atoms with Crippen molar-refractivity contribution in [1.82, 2.24) is 5.32 Å². The number of amides is 1. The molecule has 0 unspecified atom stereocenters. The van der Waals surface area contributed by atoms with Gasteiger partial charge in [-0.25, -0.2) is 0 Å². The highest BCUT2D eigenvalue weighted by atomic mass is 16.1. The average molecular weight is 318 g/mol. The van der Waals surface area contributed by atoms with Gasteiger partial charge < -0.3 is 5.32 Å². The van der Waals surface area contributed by atoms with Gasteiger partial charge in [-0.05, 0) is 45.5 Å². The molecule has 1 N–H and O–H groups in total. The van der Waals surface area contributed by atoms with Gasteiger partial charge in [0.05, 0.1) is 0 Å². The largest absolute Gasteiger partial charge is 0.352 e. The van der Waals surface area contributed by atoms with Crippen molar-refractivity contribution in [2.45, 2.75) is 104 Å². The molecule has 0 heterocycles. The molecule has 0 aromatic rings. The van der Waals surface area contributed by atoms with Crippen LogP contribution in [0.5, 0.6) is 0 Å². The predicted molar refractivity (Wildman–Crippen MR) is 99.9 cm³/mol. The van der Waals surface area contributed by atoms with Crippen LogP contribution in [-0.2, 0) is 4.79 Å². The fraction of sp³-hybridized carbons (Fsp3) is 0.762. The minimum Gasteiger partial charge on any atom is -0.352 e. The highest BCUT2D eigenvalue weighted by Gasteiger charge is 2.12. The molecule has 2 heteroatoms. The maximum atomic E-state index is 11.6. The molecule has 0 rings (SSSR count). The Labute approximate surface area is 144 Å². The number of carbonyl (C=O) groups is 1. The monoisotopic (exact) mass is 317 g/mol. The number of hydrogen-bond acceptors (Lipinski definition) is 1. The first-order valence-corrected chi connectivity index (χ1v) is 9.22. The molecule has 0 saturated carbocycles. The quantitative estimate of drug-likeness (QED) is 0.434. The van der Waals surface area contributed by atoms with Gasteiger partial charge in [0.2, 0.25) is 5.91 Å². The summed E-state index contributed by atoms with van der Waals surface area (Å²) in [5, 5.41) is 2.95. The highest BCUT2D eigenvalue weighted by Crippen LogP contribution is 2.07. The summed E-state index contributed by atoms with van der Waals surface area (Å²) < 4.78 is 0. The van der Waals surface area contributed by atoms with Crippen molar-refractivity contribution < 1.29 is 4.79 Å². The lowest BCUT2D eigenvalue weighted by molar-refractivity contribution is -0.122. The van der Waals surface area contributed by atoms with E-state index in [0.29, 0.717) is 6.42 Å². The third kappa shape index (κ3) is 18.5. The Bertz CT molecular complexity index is 423. The lowest BCUT2D eigenvalue weighted by Gasteiger charge is -2.20. The van der Waals surface area contributed by atoms with E-state index in [-0.39, 0.29) is 11.4 Å². The summed E-state index contributed by atoms with van der Waals surface area (Å²) in [7, 11) is 0. The third-order valence-corrected chi connectivity index (χ3v) is 3.36. The topological polar surface area (TPSA) is 29.1 Å². The number of unbranched alkanes of at least 4 members (excludes halogenated alkanes) is 8. The first kappa shape index (κ1) is 21.6. The van der Waals surface area contributed by atoms with E-state index >= 15 is 0 Å². The molecule has 0 radical (unpaired) electrons. The Morgan fingerprint density at radius 2 is 1.35 bits per heavy atom. The van der Waals surface area contributed by atoms with E-state index < -0.39 is 0 Å². The van der Waals surface area contributed by atoms with Crippen LogP contribution in [0.15, 0.2) is 0 Å². The fourth-order valence-corrected chi connectivity index (χ4v) is 2.20. The summed E-state index contributed by atoms with van der Waals surface area (Å²) in [4.78, 5) is 11.6. The van der Waals surface area contributed by atoms with E-state index in [1.165, 1.54) is 44.9 Å². The Morgan fingerprint density at radius 1 is 0.826 bits per heavy atom. The van der Waals surface area contributed by atoms with E-state index in [9.17, 15) is 4.79 Å². The van der Waals surface area contributed by atoms with Crippen LogP contribution in [-0.4, -0.2) is 11.4 Å². The maximum Gasteiger partial charge on any atom is 0.220 e. The molecule has 0 bridgehead atoms. The van der Waals surface area contributed by atoms with Crippen molar-refractivity contribution in [1.29, 1.82) is 0 Å². The maximum absolute atomic E-state index is 11.6. The van der Waals surface area contributed by atoms with E-state index in [2.05, 4.69) is 35.9 Å². The van der Waals surface area contributed by atoms with Crippen LogP contribution in [0.25, 0.3) is 0 Å². The molecular weight excluding hydrogens is 282 g/mol. The molecule has 0 fully saturated rings. The second-order valence-corrected chi connectivity index (χ2v) is 7.13. The smallest absolute Gasteiger partial charge is 0.220 e. The zero-order chi connectivity index (χ0) is 17.4. The normalized spacial score (nSPS) is 10.3. The van der Waals surface area contributed by atoms with Crippen molar-refractivity contribution >= 4 is 5.91 Å². The van der Waals surface area contributed by atoms with Crippen molar-refractivity contribution in [2.75, 3.05) is 0 Å². The zero-order valence-electron chi connectivity index (χ0n) is 15.7. The molecule has 2 nitrogen and oxygen atoms in total. The van der Waals surface area contributed by atoms with Gasteiger partial charge in [0.1, 0.15) is 0 Å². The number of nitrogens with one attached hydrogen (secondary N) is 1. The van der Waals surface area contributed by atoms with Gasteiger partial charge in [-0.2, -0.15) is 0 Å². The predicted octanol–water partition coefficient (Wildman–Crippen LogP) is 5.22. The molecule has 0 aromatic heterocycles. The Morgan fingerprint density at radius 3 is 1.91 bits per heavy atom.